The molecule has 0 spiro atoms. The number of benzene rings is 2. The smallest absolute Gasteiger partial charge is 0.325 e. The molecule has 0 aliphatic rings. The minimum atomic E-state index is -1.19. The molecule has 0 amide bonds. The Morgan fingerprint density at radius 2 is 1.91 bits per heavy atom. The number of aromatic nitrogens is 2. The molecule has 0 aliphatic carbocycles. The zero-order valence-corrected chi connectivity index (χ0v) is 21.6. The number of hydrogen-bond acceptors (Lipinski definition) is 7. The van der Waals surface area contributed by atoms with Crippen LogP contribution in [-0.4, -0.2) is 41.7 Å². The fourth-order valence-corrected chi connectivity index (χ4v) is 4.07. The van der Waals surface area contributed by atoms with Crippen molar-refractivity contribution in [3.63, 3.8) is 0 Å². The van der Waals surface area contributed by atoms with Crippen molar-refractivity contribution in [1.29, 1.82) is 0 Å². The lowest BCUT2D eigenvalue weighted by molar-refractivity contribution is -0.138. The standard InChI is InChI=1S/C24H25BrClN3O6/c1-33-18-10-9-15(12-19(18)34-2)13-27-22-21(25)24(32)29(14-20(30)31)28-23(22)35-11-5-7-16-6-3-4-8-17(16)26/h3-4,6,8-10,12,27H,5,7,11,13-14H2,1-2H3,(H,30,31). The first-order valence-corrected chi connectivity index (χ1v) is 11.8. The first kappa shape index (κ1) is 26.4. The molecule has 0 radical (unpaired) electrons. The summed E-state index contributed by atoms with van der Waals surface area (Å²) in [5.74, 6) is 0.0781. The number of nitrogens with zero attached hydrogens (tertiary/aromatic N) is 2. The van der Waals surface area contributed by atoms with Gasteiger partial charge in [0.25, 0.3) is 11.4 Å². The zero-order valence-electron chi connectivity index (χ0n) is 19.2. The second-order valence-corrected chi connectivity index (χ2v) is 8.64. The highest BCUT2D eigenvalue weighted by atomic mass is 79.9. The number of aryl methyl sites for hydroxylation is 1. The van der Waals surface area contributed by atoms with Gasteiger partial charge in [-0.25, -0.2) is 4.68 Å². The summed E-state index contributed by atoms with van der Waals surface area (Å²) in [4.78, 5) is 23.9. The Hall–Kier alpha value is -3.24. The first-order valence-electron chi connectivity index (χ1n) is 10.7. The van der Waals surface area contributed by atoms with Gasteiger partial charge in [-0.05, 0) is 58.1 Å². The van der Waals surface area contributed by atoms with Crippen LogP contribution in [-0.2, 0) is 24.3 Å². The SMILES string of the molecule is COc1ccc(CNc2c(OCCCc3ccccc3Cl)nn(CC(=O)O)c(=O)c2Br)cc1OC. The van der Waals surface area contributed by atoms with E-state index in [-0.39, 0.29) is 17.0 Å². The molecule has 0 aliphatic heterocycles. The summed E-state index contributed by atoms with van der Waals surface area (Å²) >= 11 is 9.49. The molecule has 2 aromatic carbocycles. The third kappa shape index (κ3) is 6.89. The number of anilines is 1. The predicted molar refractivity (Wildman–Crippen MR) is 136 cm³/mol. The van der Waals surface area contributed by atoms with E-state index in [0.29, 0.717) is 41.6 Å². The maximum atomic E-state index is 12.7. The number of carboxylic acid groups (broad SMARTS) is 1. The van der Waals surface area contributed by atoms with Crippen LogP contribution in [0.4, 0.5) is 5.69 Å². The molecule has 0 fully saturated rings. The van der Waals surface area contributed by atoms with Crippen molar-refractivity contribution < 1.29 is 24.1 Å². The summed E-state index contributed by atoms with van der Waals surface area (Å²) in [5, 5.41) is 17.1. The van der Waals surface area contributed by atoms with Crippen molar-refractivity contribution in [2.24, 2.45) is 0 Å². The van der Waals surface area contributed by atoms with Crippen molar-refractivity contribution in [2.45, 2.75) is 25.9 Å². The van der Waals surface area contributed by atoms with Crippen LogP contribution in [0.1, 0.15) is 17.5 Å². The molecule has 0 saturated heterocycles. The molecule has 0 unspecified atom stereocenters. The van der Waals surface area contributed by atoms with Crippen molar-refractivity contribution >= 4 is 39.2 Å². The third-order valence-corrected chi connectivity index (χ3v) is 6.16. The fourth-order valence-electron chi connectivity index (χ4n) is 3.32. The number of nitrogens with one attached hydrogen (secondary N) is 1. The lowest BCUT2D eigenvalue weighted by Crippen LogP contribution is -2.29. The van der Waals surface area contributed by atoms with Crippen LogP contribution in [0.3, 0.4) is 0 Å². The molecule has 11 heteroatoms. The Morgan fingerprint density at radius 3 is 2.60 bits per heavy atom. The second-order valence-electron chi connectivity index (χ2n) is 7.44. The van der Waals surface area contributed by atoms with Gasteiger partial charge in [0, 0.05) is 11.6 Å². The molecule has 0 atom stereocenters. The normalized spacial score (nSPS) is 10.6. The summed E-state index contributed by atoms with van der Waals surface area (Å²) < 4.78 is 17.5. The summed E-state index contributed by atoms with van der Waals surface area (Å²) in [6.07, 6.45) is 1.32. The van der Waals surface area contributed by atoms with E-state index in [4.69, 9.17) is 30.9 Å². The average Bonchev–Trinajstić information content (AvgIpc) is 2.85. The molecule has 1 heterocycles. The minimum Gasteiger partial charge on any atom is -0.493 e. The van der Waals surface area contributed by atoms with Crippen molar-refractivity contribution in [2.75, 3.05) is 26.1 Å². The van der Waals surface area contributed by atoms with Gasteiger partial charge in [0.2, 0.25) is 0 Å². The van der Waals surface area contributed by atoms with E-state index in [1.165, 1.54) is 0 Å². The summed E-state index contributed by atoms with van der Waals surface area (Å²) in [6, 6.07) is 13.0. The van der Waals surface area contributed by atoms with Crippen LogP contribution < -0.4 is 25.1 Å². The van der Waals surface area contributed by atoms with Crippen LogP contribution >= 0.6 is 27.5 Å². The van der Waals surface area contributed by atoms with Gasteiger partial charge in [-0.15, -0.1) is 5.10 Å². The van der Waals surface area contributed by atoms with E-state index in [1.807, 2.05) is 36.4 Å². The zero-order chi connectivity index (χ0) is 25.4. The van der Waals surface area contributed by atoms with Crippen molar-refractivity contribution in [1.82, 2.24) is 9.78 Å². The van der Waals surface area contributed by atoms with E-state index >= 15 is 0 Å². The first-order chi connectivity index (χ1) is 16.8. The summed E-state index contributed by atoms with van der Waals surface area (Å²) in [5.41, 5.74) is 1.58. The highest BCUT2D eigenvalue weighted by molar-refractivity contribution is 9.10. The lowest BCUT2D eigenvalue weighted by atomic mass is 10.1. The highest BCUT2D eigenvalue weighted by Crippen LogP contribution is 2.31. The summed E-state index contributed by atoms with van der Waals surface area (Å²) in [6.45, 7) is 0.00333. The van der Waals surface area contributed by atoms with Gasteiger partial charge in [0.15, 0.2) is 11.5 Å². The molecule has 3 rings (SSSR count). The fraction of sp³-hybridized carbons (Fsp3) is 0.292. The molecule has 1 aromatic heterocycles. The van der Waals surface area contributed by atoms with Gasteiger partial charge in [0.1, 0.15) is 16.7 Å². The molecule has 35 heavy (non-hydrogen) atoms. The van der Waals surface area contributed by atoms with Crippen LogP contribution in [0.25, 0.3) is 0 Å². The van der Waals surface area contributed by atoms with Crippen molar-refractivity contribution in [3.05, 3.63) is 73.4 Å². The van der Waals surface area contributed by atoms with Gasteiger partial charge < -0.3 is 24.6 Å². The Kier molecular flexibility index (Phi) is 9.39. The number of rotatable bonds is 12. The molecule has 0 bridgehead atoms. The number of aliphatic carboxylic acids is 1. The number of methoxy groups -OCH3 is 2. The van der Waals surface area contributed by atoms with Gasteiger partial charge >= 0.3 is 5.97 Å². The molecule has 3 aromatic rings. The van der Waals surface area contributed by atoms with E-state index in [9.17, 15) is 9.59 Å². The molecule has 9 nitrogen and oxygen atoms in total. The Morgan fingerprint density at radius 1 is 1.17 bits per heavy atom. The molecule has 2 N–H and O–H groups in total. The third-order valence-electron chi connectivity index (χ3n) is 5.06. The monoisotopic (exact) mass is 565 g/mol. The predicted octanol–water partition coefficient (Wildman–Crippen LogP) is 4.38. The number of ether oxygens (including phenoxy) is 3. The quantitative estimate of drug-likeness (QED) is 0.311. The van der Waals surface area contributed by atoms with Gasteiger partial charge in [-0.2, -0.15) is 0 Å². The molecular weight excluding hydrogens is 542 g/mol. The molecule has 186 valence electrons. The average molecular weight is 567 g/mol. The van der Waals surface area contributed by atoms with Gasteiger partial charge in [-0.1, -0.05) is 35.9 Å². The minimum absolute atomic E-state index is 0.109. The lowest BCUT2D eigenvalue weighted by Gasteiger charge is -2.16. The topological polar surface area (TPSA) is 112 Å². The van der Waals surface area contributed by atoms with E-state index in [2.05, 4.69) is 26.3 Å². The van der Waals surface area contributed by atoms with Crippen LogP contribution in [0.15, 0.2) is 51.7 Å². The van der Waals surface area contributed by atoms with E-state index in [0.717, 1.165) is 15.8 Å². The van der Waals surface area contributed by atoms with Gasteiger partial charge in [-0.3, -0.25) is 9.59 Å². The Bertz CT molecular complexity index is 1250. The number of carboxylic acids is 1. The second kappa shape index (κ2) is 12.5. The maximum Gasteiger partial charge on any atom is 0.325 e. The van der Waals surface area contributed by atoms with E-state index in [1.54, 1.807) is 20.3 Å². The maximum absolute atomic E-state index is 12.7. The Labute approximate surface area is 215 Å². The molecule has 0 saturated carbocycles. The Balaban J connectivity index is 1.80. The molecular formula is C24H25BrClN3O6. The van der Waals surface area contributed by atoms with E-state index < -0.39 is 18.1 Å². The number of halogens is 2. The van der Waals surface area contributed by atoms with Crippen LogP contribution in [0.5, 0.6) is 17.4 Å². The highest BCUT2D eigenvalue weighted by Gasteiger charge is 2.19. The van der Waals surface area contributed by atoms with Crippen molar-refractivity contribution in [3.8, 4) is 17.4 Å². The number of carbonyl (C=O) groups is 1. The number of hydrogen-bond donors (Lipinski definition) is 2. The largest absolute Gasteiger partial charge is 0.493 e. The van der Waals surface area contributed by atoms with Crippen LogP contribution in [0, 0.1) is 0 Å². The summed E-state index contributed by atoms with van der Waals surface area (Å²) in [7, 11) is 3.10. The van der Waals surface area contributed by atoms with Crippen LogP contribution in [0.2, 0.25) is 5.02 Å². The van der Waals surface area contributed by atoms with Gasteiger partial charge in [0.05, 0.1) is 20.8 Å².